The van der Waals surface area contributed by atoms with Gasteiger partial charge in [0.2, 0.25) is 0 Å². The van der Waals surface area contributed by atoms with Gasteiger partial charge in [0, 0.05) is 52.9 Å². The molecule has 1 aromatic heterocycles. The second-order valence-corrected chi connectivity index (χ2v) is 14.5. The lowest BCUT2D eigenvalue weighted by atomic mass is 9.97. The summed E-state index contributed by atoms with van der Waals surface area (Å²) in [4.78, 5) is 0. The molecule has 10 aromatic rings. The second-order valence-electron chi connectivity index (χ2n) is 14.5. The van der Waals surface area contributed by atoms with Gasteiger partial charge < -0.3 is 4.57 Å². The van der Waals surface area contributed by atoms with Crippen molar-refractivity contribution in [2.45, 2.75) is 0 Å². The highest BCUT2D eigenvalue weighted by Gasteiger charge is 2.31. The monoisotopic (exact) mass is 703 g/mol. The summed E-state index contributed by atoms with van der Waals surface area (Å²) in [6.45, 7) is 0. The molecule has 0 fully saturated rings. The van der Waals surface area contributed by atoms with Crippen LogP contribution in [0.2, 0.25) is 0 Å². The number of para-hydroxylation sites is 2. The van der Waals surface area contributed by atoms with E-state index in [9.17, 15) is 0 Å². The Hall–Kier alpha value is -7.00. The molecule has 260 valence electrons. The number of hydrogen-bond donors (Lipinski definition) is 0. The molecule has 2 nitrogen and oxygen atoms in total. The quantitative estimate of drug-likeness (QED) is 0.146. The zero-order valence-electron chi connectivity index (χ0n) is 30.7. The van der Waals surface area contributed by atoms with Crippen LogP contribution in [0.25, 0.3) is 71.6 Å². The highest BCUT2D eigenvalue weighted by atomic mass is 15.3. The van der Waals surface area contributed by atoms with Crippen LogP contribution in [0.5, 0.6) is 0 Å². The lowest BCUT2D eigenvalue weighted by Crippen LogP contribution is -2.33. The first-order chi connectivity index (χ1) is 27.1. The van der Waals surface area contributed by atoms with Crippen molar-refractivity contribution in [3.8, 4) is 39.1 Å². The van der Waals surface area contributed by atoms with Crippen LogP contribution in [0.3, 0.4) is 0 Å². The zero-order chi connectivity index (χ0) is 36.8. The van der Waals surface area contributed by atoms with E-state index >= 15 is 0 Å². The van der Waals surface area contributed by atoms with Crippen LogP contribution < -0.4 is 4.48 Å². The smallest absolute Gasteiger partial charge is 0.142 e. The lowest BCUT2D eigenvalue weighted by molar-refractivity contribution is 0.627. The van der Waals surface area contributed by atoms with Crippen molar-refractivity contribution in [1.82, 2.24) is 9.05 Å². The highest BCUT2D eigenvalue weighted by molar-refractivity contribution is 6.09. The maximum Gasteiger partial charge on any atom is 0.142 e. The van der Waals surface area contributed by atoms with Crippen LogP contribution in [-0.2, 0) is 0 Å². The molecule has 0 saturated heterocycles. The van der Waals surface area contributed by atoms with E-state index in [0.29, 0.717) is 4.48 Å². The first-order valence-electron chi connectivity index (χ1n) is 19.0. The number of fused-ring (bicyclic) bond motifs is 4. The minimum Gasteiger partial charge on any atom is -0.309 e. The molecule has 0 aliphatic heterocycles. The Morgan fingerprint density at radius 1 is 0.309 bits per heavy atom. The van der Waals surface area contributed by atoms with Gasteiger partial charge in [0.1, 0.15) is 17.1 Å². The summed E-state index contributed by atoms with van der Waals surface area (Å²) in [6.07, 6.45) is 0. The molecule has 10 rings (SSSR count). The number of nitrogens with zero attached hydrogens (tertiary/aromatic N) is 2. The fourth-order valence-electron chi connectivity index (χ4n) is 8.40. The Labute approximate surface area is 322 Å². The van der Waals surface area contributed by atoms with E-state index in [1.165, 1.54) is 83.0 Å². The number of hydrogen-bond acceptors (Lipinski definition) is 0. The van der Waals surface area contributed by atoms with Crippen LogP contribution in [-0.4, -0.2) is 11.6 Å². The number of aromatic nitrogens is 1. The molecule has 1 atom stereocenters. The number of benzene rings is 9. The molecule has 1 unspecified atom stereocenters. The number of quaternary nitrogens is 1. The normalized spacial score (nSPS) is 12.6. The Morgan fingerprint density at radius 2 is 0.709 bits per heavy atom. The third-order valence-electron chi connectivity index (χ3n) is 11.4. The molecular formula is C53H39N2+. The topological polar surface area (TPSA) is 4.93 Å². The van der Waals surface area contributed by atoms with Crippen LogP contribution in [0, 0.1) is 0 Å². The van der Waals surface area contributed by atoms with E-state index in [1.807, 2.05) is 0 Å². The van der Waals surface area contributed by atoms with Crippen molar-refractivity contribution in [3.05, 3.63) is 218 Å². The standard InChI is InChI=1S/C53H39N2/c1-55(45-32-24-40(25-33-45)38-12-3-2-4-13-38,47-36-28-43(29-37-47)49-19-11-15-42-14-5-6-16-48(42)49)46-34-26-41(27-35-46)39-22-30-44(31-23-39)54-52-20-9-7-17-50(52)51-18-8-10-21-53(51)54/h2-37H,1H3/q+1. The van der Waals surface area contributed by atoms with Gasteiger partial charge in [-0.2, -0.15) is 0 Å². The fourth-order valence-corrected chi connectivity index (χ4v) is 8.40. The first kappa shape index (κ1) is 32.6. The van der Waals surface area contributed by atoms with Gasteiger partial charge in [-0.15, -0.1) is 0 Å². The molecule has 0 radical (unpaired) electrons. The van der Waals surface area contributed by atoms with E-state index in [2.05, 4.69) is 230 Å². The van der Waals surface area contributed by atoms with Crippen LogP contribution in [0.1, 0.15) is 0 Å². The maximum atomic E-state index is 2.37. The minimum atomic E-state index is 0.526. The van der Waals surface area contributed by atoms with Crippen molar-refractivity contribution in [1.29, 1.82) is 0 Å². The summed E-state index contributed by atoms with van der Waals surface area (Å²) in [5, 5.41) is 5.07. The summed E-state index contributed by atoms with van der Waals surface area (Å²) in [5.41, 5.74) is 14.5. The van der Waals surface area contributed by atoms with Crippen LogP contribution >= 0.6 is 0 Å². The van der Waals surface area contributed by atoms with Gasteiger partial charge in [-0.25, -0.2) is 4.48 Å². The lowest BCUT2D eigenvalue weighted by Gasteiger charge is -2.33. The Balaban J connectivity index is 1.02. The third kappa shape index (κ3) is 5.63. The SMILES string of the molecule is C[N+](c1ccc(-c2ccccc2)cc1)(c1ccc(-c2ccc(-n3c4ccccc4c4ccccc43)cc2)cc1)c1ccc(-c2cccc3ccccc23)cc1. The minimum absolute atomic E-state index is 0.526. The molecule has 55 heavy (non-hydrogen) atoms. The fraction of sp³-hybridized carbons (Fsp3) is 0.0189. The zero-order valence-corrected chi connectivity index (χ0v) is 30.7. The first-order valence-corrected chi connectivity index (χ1v) is 19.0. The van der Waals surface area contributed by atoms with E-state index in [1.54, 1.807) is 0 Å². The van der Waals surface area contributed by atoms with Crippen LogP contribution in [0.4, 0.5) is 17.1 Å². The molecular weight excluding hydrogens is 665 g/mol. The molecule has 0 saturated carbocycles. The average Bonchev–Trinajstić information content (AvgIpc) is 3.61. The average molecular weight is 704 g/mol. The largest absolute Gasteiger partial charge is 0.309 e. The van der Waals surface area contributed by atoms with E-state index in [-0.39, 0.29) is 0 Å². The molecule has 0 spiro atoms. The summed E-state index contributed by atoms with van der Waals surface area (Å²) in [6, 6.07) is 79.4. The van der Waals surface area contributed by atoms with Gasteiger partial charge in [-0.3, -0.25) is 0 Å². The molecule has 1 heterocycles. The third-order valence-corrected chi connectivity index (χ3v) is 11.4. The molecule has 9 aromatic carbocycles. The predicted molar refractivity (Wildman–Crippen MR) is 235 cm³/mol. The van der Waals surface area contributed by atoms with Crippen molar-refractivity contribution >= 4 is 49.6 Å². The van der Waals surface area contributed by atoms with Gasteiger partial charge >= 0.3 is 0 Å². The van der Waals surface area contributed by atoms with E-state index in [4.69, 9.17) is 0 Å². The Kier molecular flexibility index (Phi) is 7.98. The van der Waals surface area contributed by atoms with Crippen molar-refractivity contribution in [2.24, 2.45) is 0 Å². The molecule has 0 bridgehead atoms. The summed E-state index contributed by atoms with van der Waals surface area (Å²) >= 11 is 0. The summed E-state index contributed by atoms with van der Waals surface area (Å²) < 4.78 is 2.90. The van der Waals surface area contributed by atoms with Crippen molar-refractivity contribution < 1.29 is 0 Å². The van der Waals surface area contributed by atoms with Gasteiger partial charge in [-0.05, 0) is 105 Å². The highest BCUT2D eigenvalue weighted by Crippen LogP contribution is 2.44. The number of rotatable bonds is 7. The molecule has 0 amide bonds. The van der Waals surface area contributed by atoms with E-state index in [0.717, 1.165) is 5.69 Å². The van der Waals surface area contributed by atoms with Gasteiger partial charge in [0.15, 0.2) is 0 Å². The summed E-state index contributed by atoms with van der Waals surface area (Å²) in [5.74, 6) is 0. The van der Waals surface area contributed by atoms with E-state index < -0.39 is 0 Å². The van der Waals surface area contributed by atoms with Crippen molar-refractivity contribution in [3.63, 3.8) is 0 Å². The molecule has 0 aliphatic rings. The van der Waals surface area contributed by atoms with Gasteiger partial charge in [0.25, 0.3) is 0 Å². The maximum absolute atomic E-state index is 2.37. The Bertz CT molecular complexity index is 2880. The second kappa shape index (κ2) is 13.4. The molecule has 0 N–H and O–H groups in total. The van der Waals surface area contributed by atoms with Crippen LogP contribution in [0.15, 0.2) is 218 Å². The van der Waals surface area contributed by atoms with Crippen molar-refractivity contribution in [2.75, 3.05) is 7.05 Å². The summed E-state index contributed by atoms with van der Waals surface area (Å²) in [7, 11) is 2.31. The predicted octanol–water partition coefficient (Wildman–Crippen LogP) is 14.5. The van der Waals surface area contributed by atoms with Gasteiger partial charge in [0.05, 0.1) is 18.1 Å². The Morgan fingerprint density at radius 3 is 1.25 bits per heavy atom. The van der Waals surface area contributed by atoms with Gasteiger partial charge in [-0.1, -0.05) is 121 Å². The molecule has 2 heteroatoms. The molecule has 0 aliphatic carbocycles.